The van der Waals surface area contributed by atoms with Crippen molar-refractivity contribution in [2.24, 2.45) is 5.92 Å². The number of furan rings is 1. The monoisotopic (exact) mass is 446 g/mol. The maximum absolute atomic E-state index is 12.9. The molecule has 0 saturated heterocycles. The average Bonchev–Trinajstić information content (AvgIpc) is 3.33. The number of nitrogens with zero attached hydrogens (tertiary/aromatic N) is 4. The first-order chi connectivity index (χ1) is 14.7. The van der Waals surface area contributed by atoms with Crippen molar-refractivity contribution in [3.8, 4) is 0 Å². The predicted octanol–water partition coefficient (Wildman–Crippen LogP) is 2.11. The summed E-state index contributed by atoms with van der Waals surface area (Å²) in [6, 6.07) is 3.65. The third-order valence-corrected chi connectivity index (χ3v) is 5.52. The summed E-state index contributed by atoms with van der Waals surface area (Å²) >= 11 is 1.15. The fraction of sp³-hybridized carbons (Fsp3) is 0.450. The molecule has 0 aliphatic heterocycles. The summed E-state index contributed by atoms with van der Waals surface area (Å²) in [4.78, 5) is 39.4. The Kier molecular flexibility index (Phi) is 6.84. The zero-order chi connectivity index (χ0) is 22.7. The SMILES string of the molecule is CC(C)Cn1c(N)c(C(=O)CSc2nnc(C(C)C)n2Cc2ccco2)c(=O)[nH]c1=O. The van der Waals surface area contributed by atoms with E-state index in [1.54, 1.807) is 12.3 Å². The van der Waals surface area contributed by atoms with Gasteiger partial charge in [-0.15, -0.1) is 10.2 Å². The molecule has 10 nitrogen and oxygen atoms in total. The van der Waals surface area contributed by atoms with Crippen molar-refractivity contribution in [2.45, 2.75) is 51.9 Å². The van der Waals surface area contributed by atoms with Gasteiger partial charge in [0.05, 0.1) is 18.6 Å². The van der Waals surface area contributed by atoms with Crippen LogP contribution < -0.4 is 17.0 Å². The molecule has 0 amide bonds. The Morgan fingerprint density at radius 2 is 1.97 bits per heavy atom. The highest BCUT2D eigenvalue weighted by molar-refractivity contribution is 7.99. The molecule has 0 unspecified atom stereocenters. The molecule has 31 heavy (non-hydrogen) atoms. The van der Waals surface area contributed by atoms with Crippen LogP contribution in [0.3, 0.4) is 0 Å². The molecule has 0 aliphatic rings. The number of ketones is 1. The summed E-state index contributed by atoms with van der Waals surface area (Å²) in [6.07, 6.45) is 1.59. The van der Waals surface area contributed by atoms with Crippen molar-refractivity contribution in [2.75, 3.05) is 11.5 Å². The highest BCUT2D eigenvalue weighted by atomic mass is 32.2. The molecule has 0 bridgehead atoms. The Morgan fingerprint density at radius 1 is 1.23 bits per heavy atom. The average molecular weight is 447 g/mol. The summed E-state index contributed by atoms with van der Waals surface area (Å²) in [7, 11) is 0. The lowest BCUT2D eigenvalue weighted by atomic mass is 10.2. The molecule has 0 radical (unpaired) electrons. The number of nitrogen functional groups attached to an aromatic ring is 1. The maximum Gasteiger partial charge on any atom is 0.329 e. The van der Waals surface area contributed by atoms with Crippen molar-refractivity contribution in [1.29, 1.82) is 0 Å². The van der Waals surface area contributed by atoms with Gasteiger partial charge in [0.25, 0.3) is 5.56 Å². The molecule has 11 heteroatoms. The van der Waals surface area contributed by atoms with Gasteiger partial charge in [-0.05, 0) is 18.1 Å². The smallest absolute Gasteiger partial charge is 0.329 e. The number of rotatable bonds is 9. The van der Waals surface area contributed by atoms with Gasteiger partial charge in [0.2, 0.25) is 0 Å². The third kappa shape index (κ3) is 4.98. The van der Waals surface area contributed by atoms with Crippen LogP contribution in [0, 0.1) is 5.92 Å². The molecule has 0 aromatic carbocycles. The van der Waals surface area contributed by atoms with E-state index in [0.717, 1.165) is 23.3 Å². The van der Waals surface area contributed by atoms with Gasteiger partial charge in [-0.1, -0.05) is 39.5 Å². The summed E-state index contributed by atoms with van der Waals surface area (Å²) in [5.41, 5.74) is 4.41. The fourth-order valence-electron chi connectivity index (χ4n) is 3.15. The second-order valence-electron chi connectivity index (χ2n) is 7.90. The quantitative estimate of drug-likeness (QED) is 0.376. The van der Waals surface area contributed by atoms with Crippen LogP contribution in [0.2, 0.25) is 0 Å². The molecule has 3 N–H and O–H groups in total. The molecule has 0 aliphatic carbocycles. The van der Waals surface area contributed by atoms with Crippen LogP contribution in [0.1, 0.15) is 55.6 Å². The number of anilines is 1. The summed E-state index contributed by atoms with van der Waals surface area (Å²) in [5, 5.41) is 8.98. The fourth-order valence-corrected chi connectivity index (χ4v) is 3.96. The van der Waals surface area contributed by atoms with Crippen LogP contribution in [0.4, 0.5) is 5.82 Å². The first-order valence-corrected chi connectivity index (χ1v) is 10.9. The van der Waals surface area contributed by atoms with Gasteiger partial charge in [-0.25, -0.2) is 4.79 Å². The number of carbonyl (C=O) groups excluding carboxylic acids is 1. The standard InChI is InChI=1S/C20H26N6O4S/c1-11(2)8-25-16(21)15(18(28)22-19(25)29)14(27)10-31-20-24-23-17(12(3)4)26(20)9-13-6-5-7-30-13/h5-7,11-12H,8-10,21H2,1-4H3,(H,22,28,29). The summed E-state index contributed by atoms with van der Waals surface area (Å²) in [6.45, 7) is 8.54. The highest BCUT2D eigenvalue weighted by Gasteiger charge is 2.22. The third-order valence-electron chi connectivity index (χ3n) is 4.55. The number of aromatic nitrogens is 5. The van der Waals surface area contributed by atoms with E-state index in [4.69, 9.17) is 10.2 Å². The molecular weight excluding hydrogens is 420 g/mol. The molecule has 3 rings (SSSR count). The molecular formula is C20H26N6O4S. The number of nitrogens with two attached hydrogens (primary N) is 1. The predicted molar refractivity (Wildman–Crippen MR) is 118 cm³/mol. The number of Topliss-reactive ketones (excluding diaryl/α,β-unsaturated/α-hetero) is 1. The van der Waals surface area contributed by atoms with Gasteiger partial charge in [0, 0.05) is 12.5 Å². The van der Waals surface area contributed by atoms with Crippen LogP contribution in [-0.4, -0.2) is 35.9 Å². The zero-order valence-electron chi connectivity index (χ0n) is 17.9. The summed E-state index contributed by atoms with van der Waals surface area (Å²) < 4.78 is 8.54. The van der Waals surface area contributed by atoms with Gasteiger partial charge in [-0.2, -0.15) is 0 Å². The van der Waals surface area contributed by atoms with Gasteiger partial charge in [0.15, 0.2) is 10.9 Å². The molecule has 3 heterocycles. The van der Waals surface area contributed by atoms with Gasteiger partial charge < -0.3 is 10.2 Å². The van der Waals surface area contributed by atoms with Crippen molar-refractivity contribution >= 4 is 23.4 Å². The number of thioether (sulfide) groups is 1. The molecule has 0 fully saturated rings. The molecule has 3 aromatic heterocycles. The van der Waals surface area contributed by atoms with Gasteiger partial charge >= 0.3 is 5.69 Å². The normalized spacial score (nSPS) is 11.5. The minimum Gasteiger partial charge on any atom is -0.467 e. The topological polar surface area (TPSA) is 142 Å². The Hall–Kier alpha value is -3.08. The van der Waals surface area contributed by atoms with Crippen LogP contribution in [0.25, 0.3) is 0 Å². The number of hydrogen-bond donors (Lipinski definition) is 2. The van der Waals surface area contributed by atoms with E-state index in [2.05, 4.69) is 15.2 Å². The first kappa shape index (κ1) is 22.6. The van der Waals surface area contributed by atoms with E-state index in [9.17, 15) is 14.4 Å². The Bertz CT molecular complexity index is 1170. The minimum absolute atomic E-state index is 0.0818. The summed E-state index contributed by atoms with van der Waals surface area (Å²) in [5.74, 6) is 1.03. The number of hydrogen-bond acceptors (Lipinski definition) is 8. The lowest BCUT2D eigenvalue weighted by molar-refractivity contribution is 0.102. The second kappa shape index (κ2) is 9.38. The molecule has 0 saturated carbocycles. The highest BCUT2D eigenvalue weighted by Crippen LogP contribution is 2.24. The number of aromatic amines is 1. The van der Waals surface area contributed by atoms with E-state index >= 15 is 0 Å². The largest absolute Gasteiger partial charge is 0.467 e. The van der Waals surface area contributed by atoms with Crippen LogP contribution >= 0.6 is 11.8 Å². The maximum atomic E-state index is 12.9. The van der Waals surface area contributed by atoms with Crippen LogP contribution in [0.15, 0.2) is 37.6 Å². The van der Waals surface area contributed by atoms with E-state index < -0.39 is 17.0 Å². The van der Waals surface area contributed by atoms with Crippen LogP contribution in [-0.2, 0) is 13.1 Å². The molecule has 0 spiro atoms. The number of carbonyl (C=O) groups is 1. The lowest BCUT2D eigenvalue weighted by Crippen LogP contribution is -2.37. The second-order valence-corrected chi connectivity index (χ2v) is 8.84. The van der Waals surface area contributed by atoms with Crippen molar-refractivity contribution < 1.29 is 9.21 Å². The van der Waals surface area contributed by atoms with Crippen molar-refractivity contribution in [3.05, 3.63) is 56.4 Å². The molecule has 0 atom stereocenters. The van der Waals surface area contributed by atoms with E-state index in [1.807, 2.05) is 38.3 Å². The van der Waals surface area contributed by atoms with Gasteiger partial charge in [0.1, 0.15) is 23.0 Å². The molecule has 166 valence electrons. The Morgan fingerprint density at radius 3 is 2.58 bits per heavy atom. The molecule has 3 aromatic rings. The van der Waals surface area contributed by atoms with Gasteiger partial charge in [-0.3, -0.25) is 23.7 Å². The lowest BCUT2D eigenvalue weighted by Gasteiger charge is -2.14. The Labute approximate surface area is 182 Å². The van der Waals surface area contributed by atoms with Crippen molar-refractivity contribution in [1.82, 2.24) is 24.3 Å². The minimum atomic E-state index is -0.784. The van der Waals surface area contributed by atoms with E-state index in [-0.39, 0.29) is 29.0 Å². The van der Waals surface area contributed by atoms with E-state index in [0.29, 0.717) is 18.2 Å². The first-order valence-electron chi connectivity index (χ1n) is 9.93. The Balaban J connectivity index is 1.86. The van der Waals surface area contributed by atoms with Crippen LogP contribution in [0.5, 0.6) is 0 Å². The van der Waals surface area contributed by atoms with E-state index in [1.165, 1.54) is 4.57 Å². The number of nitrogens with one attached hydrogen (secondary N) is 1. The zero-order valence-corrected chi connectivity index (χ0v) is 18.7. The van der Waals surface area contributed by atoms with Crippen molar-refractivity contribution in [3.63, 3.8) is 0 Å². The number of H-pyrrole nitrogens is 1.